The van der Waals surface area contributed by atoms with Crippen molar-refractivity contribution in [3.05, 3.63) is 90.0 Å². The molecule has 1 fully saturated rings. The predicted molar refractivity (Wildman–Crippen MR) is 202 cm³/mol. The molecule has 0 radical (unpaired) electrons. The molecule has 0 bridgehead atoms. The zero-order valence-corrected chi connectivity index (χ0v) is 32.4. The fourth-order valence-electron chi connectivity index (χ4n) is 6.59. The minimum absolute atomic E-state index is 0.00958. The van der Waals surface area contributed by atoms with Crippen molar-refractivity contribution in [2.24, 2.45) is 11.3 Å². The van der Waals surface area contributed by atoms with E-state index in [1.54, 1.807) is 0 Å². The van der Waals surface area contributed by atoms with Crippen molar-refractivity contribution in [1.29, 1.82) is 0 Å². The Bertz CT molecular complexity index is 1850. The molecule has 1 saturated heterocycles. The first-order valence-corrected chi connectivity index (χ1v) is 19.8. The minimum atomic E-state index is -4.12. The van der Waals surface area contributed by atoms with Gasteiger partial charge < -0.3 is 30.0 Å². The van der Waals surface area contributed by atoms with Gasteiger partial charge in [0, 0.05) is 25.7 Å². The number of likely N-dealkylation sites (tertiary alicyclic amines) is 1. The Morgan fingerprint density at radius 1 is 0.926 bits per heavy atom. The van der Waals surface area contributed by atoms with Crippen LogP contribution in [0.3, 0.4) is 0 Å². The van der Waals surface area contributed by atoms with Crippen LogP contribution in [-0.4, -0.2) is 91.3 Å². The van der Waals surface area contributed by atoms with Gasteiger partial charge in [-0.05, 0) is 53.9 Å². The van der Waals surface area contributed by atoms with Gasteiger partial charge in [0.05, 0.1) is 17.0 Å². The van der Waals surface area contributed by atoms with E-state index in [0.29, 0.717) is 30.9 Å². The van der Waals surface area contributed by atoms with Gasteiger partial charge in [0.15, 0.2) is 11.5 Å². The number of benzene rings is 3. The third-order valence-electron chi connectivity index (χ3n) is 9.44. The van der Waals surface area contributed by atoms with Crippen LogP contribution in [0.5, 0.6) is 11.5 Å². The SMILES string of the molecule is CC(C)CN(C[C@@H](O)C(Cc1ccccc1)NC(=O)[C@@H](NC(=O)[C@@H]1CCCN1C(=O)OCc1ccccc1)C(C)(C)C)S(=O)(=O)c1ccc2c(c1)OCO2. The Labute approximate surface area is 318 Å². The molecular weight excluding hydrogens is 713 g/mol. The van der Waals surface area contributed by atoms with Crippen LogP contribution >= 0.6 is 0 Å². The van der Waals surface area contributed by atoms with Gasteiger partial charge in [0.25, 0.3) is 0 Å². The van der Waals surface area contributed by atoms with Gasteiger partial charge >= 0.3 is 6.09 Å². The Hall–Kier alpha value is -4.66. The number of rotatable bonds is 15. The molecule has 2 aliphatic heterocycles. The second-order valence-electron chi connectivity index (χ2n) is 15.3. The summed E-state index contributed by atoms with van der Waals surface area (Å²) >= 11 is 0. The molecule has 54 heavy (non-hydrogen) atoms. The van der Waals surface area contributed by atoms with E-state index in [0.717, 1.165) is 11.1 Å². The first-order chi connectivity index (χ1) is 25.6. The summed E-state index contributed by atoms with van der Waals surface area (Å²) in [5, 5.41) is 17.7. The first-order valence-electron chi connectivity index (χ1n) is 18.3. The molecule has 0 aliphatic carbocycles. The van der Waals surface area contributed by atoms with Gasteiger partial charge in [-0.1, -0.05) is 95.3 Å². The number of hydrogen-bond acceptors (Lipinski definition) is 9. The van der Waals surface area contributed by atoms with E-state index < -0.39 is 57.6 Å². The van der Waals surface area contributed by atoms with Gasteiger partial charge in [0.1, 0.15) is 18.7 Å². The molecule has 1 unspecified atom stereocenters. The second-order valence-corrected chi connectivity index (χ2v) is 17.2. The zero-order valence-electron chi connectivity index (χ0n) is 31.6. The normalized spacial score (nSPS) is 17.3. The summed E-state index contributed by atoms with van der Waals surface area (Å²) in [6, 6.07) is 20.0. The standard InChI is InChI=1S/C40H52N4O9S/c1-27(2)23-43(54(49,50)30-18-19-34-35(22-30)53-26-52-34)24-33(45)31(21-28-13-8-6-9-14-28)41-38(47)36(40(3,4)5)42-37(46)32-17-12-20-44(32)39(48)51-25-29-15-10-7-11-16-29/h6-11,13-16,18-19,22,27,31-33,36,45H,12,17,20-21,23-26H2,1-5H3,(H,41,47)(H,42,46)/t31?,32-,33+,36+/m0/s1. The van der Waals surface area contributed by atoms with Gasteiger partial charge in [-0.3, -0.25) is 14.5 Å². The molecule has 3 N–H and O–H groups in total. The predicted octanol–water partition coefficient (Wildman–Crippen LogP) is 4.48. The molecule has 4 atom stereocenters. The fourth-order valence-corrected chi connectivity index (χ4v) is 8.23. The monoisotopic (exact) mass is 764 g/mol. The van der Waals surface area contributed by atoms with Crippen molar-refractivity contribution < 1.29 is 42.1 Å². The van der Waals surface area contributed by atoms with E-state index in [2.05, 4.69) is 10.6 Å². The van der Waals surface area contributed by atoms with Gasteiger partial charge in [-0.25, -0.2) is 13.2 Å². The first kappa shape index (κ1) is 40.5. The van der Waals surface area contributed by atoms with E-state index in [-0.39, 0.29) is 43.7 Å². The highest BCUT2D eigenvalue weighted by Crippen LogP contribution is 2.35. The van der Waals surface area contributed by atoms with Crippen molar-refractivity contribution in [1.82, 2.24) is 19.8 Å². The van der Waals surface area contributed by atoms with Gasteiger partial charge in [-0.15, -0.1) is 0 Å². The number of fused-ring (bicyclic) bond motifs is 1. The third-order valence-corrected chi connectivity index (χ3v) is 11.3. The smallest absolute Gasteiger partial charge is 0.410 e. The minimum Gasteiger partial charge on any atom is -0.454 e. The molecule has 13 nitrogen and oxygen atoms in total. The van der Waals surface area contributed by atoms with E-state index >= 15 is 0 Å². The zero-order chi connectivity index (χ0) is 39.0. The number of carbonyl (C=O) groups is 3. The summed E-state index contributed by atoms with van der Waals surface area (Å²) in [5.41, 5.74) is 0.842. The van der Waals surface area contributed by atoms with Gasteiger partial charge in [0.2, 0.25) is 28.6 Å². The maximum atomic E-state index is 14.2. The highest BCUT2D eigenvalue weighted by molar-refractivity contribution is 7.89. The van der Waals surface area contributed by atoms with Crippen LogP contribution in [0.15, 0.2) is 83.8 Å². The maximum absolute atomic E-state index is 14.2. The molecule has 0 spiro atoms. The molecule has 5 rings (SSSR count). The molecule has 3 aromatic carbocycles. The third kappa shape index (κ3) is 10.3. The Morgan fingerprint density at radius 3 is 2.22 bits per heavy atom. The Morgan fingerprint density at radius 2 is 1.57 bits per heavy atom. The molecule has 0 saturated carbocycles. The quantitative estimate of drug-likeness (QED) is 0.203. The average molecular weight is 765 g/mol. The van der Waals surface area contributed by atoms with Crippen LogP contribution in [0.4, 0.5) is 4.79 Å². The molecule has 3 amide bonds. The topological polar surface area (TPSA) is 164 Å². The lowest BCUT2D eigenvalue weighted by Crippen LogP contribution is -2.60. The summed E-state index contributed by atoms with van der Waals surface area (Å²) in [6.07, 6.45) is -0.775. The largest absolute Gasteiger partial charge is 0.454 e. The molecular formula is C40H52N4O9S. The van der Waals surface area contributed by atoms with Gasteiger partial charge in [-0.2, -0.15) is 4.31 Å². The van der Waals surface area contributed by atoms with E-state index in [9.17, 15) is 27.9 Å². The van der Waals surface area contributed by atoms with Crippen LogP contribution in [-0.2, 0) is 37.4 Å². The highest BCUT2D eigenvalue weighted by Gasteiger charge is 2.41. The van der Waals surface area contributed by atoms with Crippen LogP contribution in [0.1, 0.15) is 58.6 Å². The number of carbonyl (C=O) groups excluding carboxylic acids is 3. The fraction of sp³-hybridized carbons (Fsp3) is 0.475. The summed E-state index contributed by atoms with van der Waals surface area (Å²) in [5.74, 6) is -0.373. The summed E-state index contributed by atoms with van der Waals surface area (Å²) in [4.78, 5) is 42.4. The van der Waals surface area contributed by atoms with Crippen molar-refractivity contribution in [2.75, 3.05) is 26.4 Å². The summed E-state index contributed by atoms with van der Waals surface area (Å²) in [6.45, 7) is 9.36. The van der Waals surface area contributed by atoms with Crippen LogP contribution in [0, 0.1) is 11.3 Å². The van der Waals surface area contributed by atoms with Crippen molar-refractivity contribution in [3.63, 3.8) is 0 Å². The number of hydrogen-bond donors (Lipinski definition) is 3. The lowest BCUT2D eigenvalue weighted by atomic mass is 9.85. The molecule has 3 aromatic rings. The number of aliphatic hydroxyl groups excluding tert-OH is 1. The van der Waals surface area contributed by atoms with E-state index in [4.69, 9.17) is 14.2 Å². The Balaban J connectivity index is 1.33. The highest BCUT2D eigenvalue weighted by atomic mass is 32.2. The lowest BCUT2D eigenvalue weighted by molar-refractivity contribution is -0.134. The van der Waals surface area contributed by atoms with Crippen LogP contribution < -0.4 is 20.1 Å². The number of nitrogens with zero attached hydrogens (tertiary/aromatic N) is 2. The molecule has 292 valence electrons. The lowest BCUT2D eigenvalue weighted by Gasteiger charge is -2.35. The van der Waals surface area contributed by atoms with Crippen LogP contribution in [0.25, 0.3) is 0 Å². The van der Waals surface area contributed by atoms with E-state index in [1.807, 2.05) is 95.3 Å². The number of ether oxygens (including phenoxy) is 3. The van der Waals surface area contributed by atoms with Crippen LogP contribution in [0.2, 0.25) is 0 Å². The molecule has 14 heteroatoms. The van der Waals surface area contributed by atoms with Crippen molar-refractivity contribution >= 4 is 27.9 Å². The molecule has 2 heterocycles. The number of sulfonamides is 1. The van der Waals surface area contributed by atoms with Crippen molar-refractivity contribution in [3.8, 4) is 11.5 Å². The number of aliphatic hydroxyl groups is 1. The summed E-state index contributed by atoms with van der Waals surface area (Å²) in [7, 11) is -4.12. The average Bonchev–Trinajstić information content (AvgIpc) is 3.83. The molecule has 0 aromatic heterocycles. The summed E-state index contributed by atoms with van der Waals surface area (Å²) < 4.78 is 45.6. The van der Waals surface area contributed by atoms with Crippen molar-refractivity contribution in [2.45, 2.75) is 89.6 Å². The number of amides is 3. The second kappa shape index (κ2) is 17.7. The Kier molecular flexibility index (Phi) is 13.2. The maximum Gasteiger partial charge on any atom is 0.410 e. The van der Waals surface area contributed by atoms with E-state index in [1.165, 1.54) is 27.4 Å². The molecule has 2 aliphatic rings. The number of nitrogens with one attached hydrogen (secondary N) is 2.